The van der Waals surface area contributed by atoms with Crippen molar-refractivity contribution in [3.05, 3.63) is 82.2 Å². The number of hydrogen-bond donors (Lipinski definition) is 1. The molecule has 0 saturated carbocycles. The number of carbonyl (C=O) groups excluding carboxylic acids is 2. The van der Waals surface area contributed by atoms with Gasteiger partial charge in [0.1, 0.15) is 11.1 Å². The second-order valence-electron chi connectivity index (χ2n) is 7.22. The molecule has 0 unspecified atom stereocenters. The molecule has 0 saturated heterocycles. The Kier molecular flexibility index (Phi) is 6.44. The van der Waals surface area contributed by atoms with E-state index < -0.39 is 24.1 Å². The Balaban J connectivity index is 1.65. The van der Waals surface area contributed by atoms with Crippen molar-refractivity contribution in [1.82, 2.24) is 5.32 Å². The lowest BCUT2D eigenvalue weighted by Gasteiger charge is -2.21. The van der Waals surface area contributed by atoms with Gasteiger partial charge in [0, 0.05) is 5.39 Å². The van der Waals surface area contributed by atoms with Gasteiger partial charge in [0.25, 0.3) is 5.91 Å². The number of rotatable bonds is 7. The minimum absolute atomic E-state index is 0.187. The van der Waals surface area contributed by atoms with Gasteiger partial charge in [0.15, 0.2) is 6.61 Å². The highest BCUT2D eigenvalue weighted by molar-refractivity contribution is 5.94. The average Bonchev–Trinajstić information content (AvgIpc) is 2.71. The van der Waals surface area contributed by atoms with Gasteiger partial charge in [-0.15, -0.1) is 0 Å². The van der Waals surface area contributed by atoms with Crippen LogP contribution in [0.1, 0.15) is 42.2 Å². The molecular formula is C23H23NO5. The fourth-order valence-corrected chi connectivity index (χ4v) is 3.08. The van der Waals surface area contributed by atoms with Crippen molar-refractivity contribution in [3.8, 4) is 0 Å². The third-order valence-electron chi connectivity index (χ3n) is 4.44. The summed E-state index contributed by atoms with van der Waals surface area (Å²) < 4.78 is 10.2. The molecule has 1 N–H and O–H groups in total. The van der Waals surface area contributed by atoms with Crippen LogP contribution >= 0.6 is 0 Å². The van der Waals surface area contributed by atoms with Gasteiger partial charge in [-0.3, -0.25) is 4.79 Å². The summed E-state index contributed by atoms with van der Waals surface area (Å²) in [6, 6.07) is 17.7. The first kappa shape index (κ1) is 20.3. The van der Waals surface area contributed by atoms with Crippen LogP contribution in [0, 0.1) is 5.92 Å². The number of benzene rings is 2. The van der Waals surface area contributed by atoms with Crippen molar-refractivity contribution in [2.24, 2.45) is 5.92 Å². The fourth-order valence-electron chi connectivity index (χ4n) is 3.08. The lowest BCUT2D eigenvalue weighted by atomic mass is 9.97. The van der Waals surface area contributed by atoms with E-state index in [1.165, 1.54) is 6.07 Å². The van der Waals surface area contributed by atoms with Crippen molar-refractivity contribution >= 4 is 22.8 Å². The van der Waals surface area contributed by atoms with Crippen LogP contribution in [-0.2, 0) is 9.53 Å². The first-order valence-electron chi connectivity index (χ1n) is 9.48. The molecule has 0 radical (unpaired) electrons. The van der Waals surface area contributed by atoms with E-state index in [4.69, 9.17) is 9.15 Å². The van der Waals surface area contributed by atoms with Crippen LogP contribution in [0.25, 0.3) is 11.0 Å². The maximum atomic E-state index is 12.4. The van der Waals surface area contributed by atoms with Gasteiger partial charge >= 0.3 is 11.6 Å². The number of hydrogen-bond acceptors (Lipinski definition) is 5. The summed E-state index contributed by atoms with van der Waals surface area (Å²) in [5, 5.41) is 3.50. The van der Waals surface area contributed by atoms with Crippen LogP contribution in [0.4, 0.5) is 0 Å². The Bertz CT molecular complexity index is 1060. The van der Waals surface area contributed by atoms with E-state index in [9.17, 15) is 14.4 Å². The zero-order chi connectivity index (χ0) is 20.8. The highest BCUT2D eigenvalue weighted by Gasteiger charge is 2.19. The molecule has 0 aliphatic rings. The fraction of sp³-hybridized carbons (Fsp3) is 0.261. The van der Waals surface area contributed by atoms with E-state index >= 15 is 0 Å². The van der Waals surface area contributed by atoms with Crippen molar-refractivity contribution in [3.63, 3.8) is 0 Å². The molecule has 150 valence electrons. The molecule has 1 heterocycles. The maximum Gasteiger partial charge on any atom is 0.351 e. The number of ether oxygens (including phenoxy) is 1. The summed E-state index contributed by atoms with van der Waals surface area (Å²) in [5.74, 6) is -0.955. The molecule has 0 spiro atoms. The Morgan fingerprint density at radius 3 is 2.45 bits per heavy atom. The summed E-state index contributed by atoms with van der Waals surface area (Å²) in [6.07, 6.45) is 0.748. The van der Waals surface area contributed by atoms with E-state index in [2.05, 4.69) is 19.2 Å². The molecule has 0 bridgehead atoms. The number of esters is 1. The topological polar surface area (TPSA) is 85.6 Å². The Labute approximate surface area is 168 Å². The molecule has 1 aromatic heterocycles. The first-order valence-corrected chi connectivity index (χ1v) is 9.48. The van der Waals surface area contributed by atoms with E-state index in [1.807, 2.05) is 30.3 Å². The molecular weight excluding hydrogens is 370 g/mol. The van der Waals surface area contributed by atoms with Crippen molar-refractivity contribution in [1.29, 1.82) is 0 Å². The lowest BCUT2D eigenvalue weighted by Crippen LogP contribution is -2.33. The second-order valence-corrected chi connectivity index (χ2v) is 7.22. The highest BCUT2D eigenvalue weighted by atomic mass is 16.5. The quantitative estimate of drug-likeness (QED) is 0.487. The molecule has 0 aliphatic carbocycles. The third-order valence-corrected chi connectivity index (χ3v) is 4.44. The number of fused-ring (bicyclic) bond motifs is 1. The minimum Gasteiger partial charge on any atom is -0.452 e. The third kappa shape index (κ3) is 5.31. The first-order chi connectivity index (χ1) is 13.9. The van der Waals surface area contributed by atoms with Crippen LogP contribution in [0.5, 0.6) is 0 Å². The summed E-state index contributed by atoms with van der Waals surface area (Å²) in [5.41, 5.74) is 0.330. The molecule has 0 fully saturated rings. The molecule has 1 amide bonds. The second kappa shape index (κ2) is 9.19. The van der Waals surface area contributed by atoms with Gasteiger partial charge in [-0.25, -0.2) is 9.59 Å². The van der Waals surface area contributed by atoms with E-state index in [1.54, 1.807) is 24.3 Å². The van der Waals surface area contributed by atoms with Crippen molar-refractivity contribution in [2.75, 3.05) is 6.61 Å². The van der Waals surface area contributed by atoms with Gasteiger partial charge < -0.3 is 14.5 Å². The van der Waals surface area contributed by atoms with Crippen LogP contribution in [0.3, 0.4) is 0 Å². The molecule has 29 heavy (non-hydrogen) atoms. The summed E-state index contributed by atoms with van der Waals surface area (Å²) >= 11 is 0. The van der Waals surface area contributed by atoms with Crippen LogP contribution in [0.2, 0.25) is 0 Å². The van der Waals surface area contributed by atoms with Crippen molar-refractivity contribution < 1.29 is 18.7 Å². The van der Waals surface area contributed by atoms with Gasteiger partial charge in [-0.2, -0.15) is 0 Å². The maximum absolute atomic E-state index is 12.4. The van der Waals surface area contributed by atoms with Crippen LogP contribution in [-0.4, -0.2) is 18.5 Å². The zero-order valence-electron chi connectivity index (χ0n) is 16.4. The molecule has 1 atom stereocenters. The number of para-hydroxylation sites is 1. The molecule has 6 heteroatoms. The molecule has 6 nitrogen and oxygen atoms in total. The molecule has 2 aromatic carbocycles. The Morgan fingerprint density at radius 2 is 1.72 bits per heavy atom. The number of carbonyl (C=O) groups is 2. The molecule has 0 aliphatic heterocycles. The van der Waals surface area contributed by atoms with Gasteiger partial charge in [-0.1, -0.05) is 62.4 Å². The SMILES string of the molecule is CC(C)C[C@H](NC(=O)COC(=O)c1cc2ccccc2oc1=O)c1ccccc1. The summed E-state index contributed by atoms with van der Waals surface area (Å²) in [6.45, 7) is 3.66. The lowest BCUT2D eigenvalue weighted by molar-refractivity contribution is -0.125. The predicted octanol–water partition coefficient (Wildman–Crippen LogP) is 3.85. The van der Waals surface area contributed by atoms with Gasteiger partial charge in [-0.05, 0) is 30.0 Å². The predicted molar refractivity (Wildman–Crippen MR) is 110 cm³/mol. The highest BCUT2D eigenvalue weighted by Crippen LogP contribution is 2.21. The van der Waals surface area contributed by atoms with E-state index in [0.717, 1.165) is 12.0 Å². The molecule has 3 rings (SSSR count). The minimum atomic E-state index is -0.889. The number of nitrogens with one attached hydrogen (secondary N) is 1. The largest absolute Gasteiger partial charge is 0.452 e. The van der Waals surface area contributed by atoms with Gasteiger partial charge in [0.05, 0.1) is 6.04 Å². The van der Waals surface area contributed by atoms with Crippen LogP contribution in [0.15, 0.2) is 69.9 Å². The average molecular weight is 393 g/mol. The smallest absolute Gasteiger partial charge is 0.351 e. The van der Waals surface area contributed by atoms with Crippen molar-refractivity contribution in [2.45, 2.75) is 26.3 Å². The Morgan fingerprint density at radius 1 is 1.03 bits per heavy atom. The monoisotopic (exact) mass is 393 g/mol. The Hall–Kier alpha value is -3.41. The molecule has 3 aromatic rings. The summed E-state index contributed by atoms with van der Waals surface area (Å²) in [4.78, 5) is 36.7. The number of amides is 1. The summed E-state index contributed by atoms with van der Waals surface area (Å²) in [7, 11) is 0. The zero-order valence-corrected chi connectivity index (χ0v) is 16.4. The van der Waals surface area contributed by atoms with E-state index in [0.29, 0.717) is 16.9 Å². The standard InChI is InChI=1S/C23H23NO5/c1-15(2)12-19(16-8-4-3-5-9-16)24-21(25)14-28-22(26)18-13-17-10-6-7-11-20(17)29-23(18)27/h3-11,13,15,19H,12,14H2,1-2H3,(H,24,25)/t19-/m0/s1. The van der Waals surface area contributed by atoms with E-state index in [-0.39, 0.29) is 11.6 Å². The van der Waals surface area contributed by atoms with Crippen LogP contribution < -0.4 is 10.9 Å². The van der Waals surface area contributed by atoms with Gasteiger partial charge in [0.2, 0.25) is 0 Å². The normalized spacial score (nSPS) is 12.0.